The van der Waals surface area contributed by atoms with Crippen LogP contribution >= 0.6 is 0 Å². The van der Waals surface area contributed by atoms with Gasteiger partial charge in [-0.3, -0.25) is 9.98 Å². The van der Waals surface area contributed by atoms with Crippen LogP contribution in [0, 0.1) is 0 Å². The summed E-state index contributed by atoms with van der Waals surface area (Å²) in [5, 5.41) is 0. The zero-order valence-electron chi connectivity index (χ0n) is 17.7. The Bertz CT molecular complexity index is 1000. The fraction of sp³-hybridized carbons (Fsp3) is 0.385. The van der Waals surface area contributed by atoms with Crippen molar-refractivity contribution in [3.8, 4) is 11.1 Å². The maximum Gasteiger partial charge on any atom is 0.0808 e. The Morgan fingerprint density at radius 3 is 2.43 bits per heavy atom. The molecule has 0 atom stereocenters. The maximum absolute atomic E-state index is 4.95. The van der Waals surface area contributed by atoms with Crippen molar-refractivity contribution in [3.63, 3.8) is 0 Å². The van der Waals surface area contributed by atoms with Gasteiger partial charge in [0.25, 0.3) is 0 Å². The highest BCUT2D eigenvalue weighted by Gasteiger charge is 2.36. The number of benzene rings is 2. The van der Waals surface area contributed by atoms with Crippen molar-refractivity contribution < 1.29 is 0 Å². The zero-order chi connectivity index (χ0) is 19.9. The lowest BCUT2D eigenvalue weighted by molar-refractivity contribution is 0.472. The Morgan fingerprint density at radius 1 is 0.929 bits per heavy atom. The van der Waals surface area contributed by atoms with Crippen LogP contribution in [0.5, 0.6) is 0 Å². The van der Waals surface area contributed by atoms with Gasteiger partial charge in [-0.2, -0.15) is 0 Å². The summed E-state index contributed by atoms with van der Waals surface area (Å²) in [5.74, 6) is 0. The molecule has 1 heterocycles. The minimum absolute atomic E-state index is 0.00259. The van der Waals surface area contributed by atoms with Crippen LogP contribution in [0.3, 0.4) is 0 Å². The number of aliphatic imine (C=N–C) groups is 2. The van der Waals surface area contributed by atoms with Crippen LogP contribution < -0.4 is 0 Å². The number of fused-ring (bicyclic) bond motifs is 4. The number of hydrogen-bond donors (Lipinski definition) is 0. The Kier molecular flexibility index (Phi) is 4.61. The van der Waals surface area contributed by atoms with Gasteiger partial charge >= 0.3 is 0 Å². The zero-order valence-corrected chi connectivity index (χ0v) is 17.7. The number of rotatable bonds is 2. The molecule has 1 aliphatic heterocycles. The molecule has 0 aromatic heterocycles. The van der Waals surface area contributed by atoms with E-state index in [9.17, 15) is 0 Å². The van der Waals surface area contributed by atoms with E-state index in [2.05, 4.69) is 77.1 Å². The molecule has 0 N–H and O–H groups in total. The summed E-state index contributed by atoms with van der Waals surface area (Å²) in [6.07, 6.45) is 9.14. The van der Waals surface area contributed by atoms with Gasteiger partial charge < -0.3 is 0 Å². The Labute approximate surface area is 169 Å². The van der Waals surface area contributed by atoms with E-state index in [1.807, 2.05) is 12.4 Å². The fourth-order valence-corrected chi connectivity index (χ4v) is 4.87. The van der Waals surface area contributed by atoms with Gasteiger partial charge in [0.15, 0.2) is 0 Å². The first-order valence-electron chi connectivity index (χ1n) is 10.5. The minimum Gasteiger partial charge on any atom is -0.286 e. The van der Waals surface area contributed by atoms with Crippen molar-refractivity contribution in [3.05, 3.63) is 58.7 Å². The van der Waals surface area contributed by atoms with Crippen LogP contribution in [0.2, 0.25) is 0 Å². The second-order valence-corrected chi connectivity index (χ2v) is 8.55. The van der Waals surface area contributed by atoms with Crippen molar-refractivity contribution in [1.82, 2.24) is 0 Å². The molecule has 0 radical (unpaired) electrons. The van der Waals surface area contributed by atoms with Crippen molar-refractivity contribution in [2.24, 2.45) is 9.98 Å². The monoisotopic (exact) mass is 370 g/mol. The van der Waals surface area contributed by atoms with Crippen molar-refractivity contribution in [2.45, 2.75) is 64.8 Å². The highest BCUT2D eigenvalue weighted by Crippen LogP contribution is 2.50. The number of nitrogens with zero attached hydrogens (tertiary/aromatic N) is 2. The van der Waals surface area contributed by atoms with Gasteiger partial charge in [0.1, 0.15) is 0 Å². The first-order valence-corrected chi connectivity index (χ1v) is 10.5. The summed E-state index contributed by atoms with van der Waals surface area (Å²) in [5.41, 5.74) is 8.95. The van der Waals surface area contributed by atoms with Crippen molar-refractivity contribution >= 4 is 24.2 Å². The first kappa shape index (κ1) is 18.9. The average Bonchev–Trinajstić information content (AvgIpc) is 2.92. The molecule has 0 saturated carbocycles. The molecule has 0 saturated heterocycles. The molecular formula is C26H30N2. The summed E-state index contributed by atoms with van der Waals surface area (Å²) in [7, 11) is 0. The van der Waals surface area contributed by atoms with E-state index in [-0.39, 0.29) is 11.0 Å². The van der Waals surface area contributed by atoms with Gasteiger partial charge in [0.2, 0.25) is 0 Å². The predicted octanol–water partition coefficient (Wildman–Crippen LogP) is 7.13. The molecular weight excluding hydrogens is 340 g/mol. The molecule has 2 nitrogen and oxygen atoms in total. The van der Waals surface area contributed by atoms with Gasteiger partial charge in [-0.05, 0) is 59.7 Å². The lowest BCUT2D eigenvalue weighted by Gasteiger charge is -2.29. The molecule has 0 amide bonds. The lowest BCUT2D eigenvalue weighted by atomic mass is 9.81. The third-order valence-electron chi connectivity index (χ3n) is 6.79. The Hall–Kier alpha value is -2.48. The average molecular weight is 371 g/mol. The standard InChI is InChI=1S/C26H30N2/c1-6-26(7-2)18(3)15-19-16-21-20-11-8-9-12-22(20)25(4,5)23(21)17-24(19)27-13-10-14-28-26/h8-9,11-17H,6-7,10H2,1-5H3/b18-15-,27-13?,28-14?. The SMILES string of the molecule is CCC1(CC)N=CCC=Nc2cc3c(cc2/C=C\1C)-c1ccccc1C3(C)C. The summed E-state index contributed by atoms with van der Waals surface area (Å²) in [4.78, 5) is 9.78. The predicted molar refractivity (Wildman–Crippen MR) is 122 cm³/mol. The third kappa shape index (κ3) is 2.78. The van der Waals surface area contributed by atoms with Crippen LogP contribution in [-0.4, -0.2) is 18.0 Å². The van der Waals surface area contributed by atoms with E-state index in [0.29, 0.717) is 0 Å². The molecule has 2 aromatic carbocycles. The summed E-state index contributed by atoms with van der Waals surface area (Å²) >= 11 is 0. The Morgan fingerprint density at radius 2 is 1.68 bits per heavy atom. The Balaban J connectivity index is 1.96. The van der Waals surface area contributed by atoms with E-state index in [0.717, 1.165) is 24.9 Å². The molecule has 4 rings (SSSR count). The smallest absolute Gasteiger partial charge is 0.0808 e. The van der Waals surface area contributed by atoms with E-state index < -0.39 is 0 Å². The molecule has 0 spiro atoms. The second-order valence-electron chi connectivity index (χ2n) is 8.55. The summed E-state index contributed by atoms with van der Waals surface area (Å²) in [6, 6.07) is 13.5. The van der Waals surface area contributed by atoms with Gasteiger partial charge in [0, 0.05) is 29.8 Å². The quantitative estimate of drug-likeness (QED) is 0.537. The highest BCUT2D eigenvalue weighted by atomic mass is 14.9. The van der Waals surface area contributed by atoms with Crippen LogP contribution in [0.15, 0.2) is 52.0 Å². The second kappa shape index (κ2) is 6.84. The maximum atomic E-state index is 4.95. The van der Waals surface area contributed by atoms with Crippen LogP contribution in [0.4, 0.5) is 5.69 Å². The van der Waals surface area contributed by atoms with E-state index in [4.69, 9.17) is 9.98 Å². The molecule has 0 unspecified atom stereocenters. The lowest BCUT2D eigenvalue weighted by Crippen LogP contribution is -2.26. The topological polar surface area (TPSA) is 24.7 Å². The summed E-state index contributed by atoms with van der Waals surface area (Å²) < 4.78 is 0. The van der Waals surface area contributed by atoms with Crippen LogP contribution in [0.25, 0.3) is 17.2 Å². The van der Waals surface area contributed by atoms with Gasteiger partial charge in [-0.15, -0.1) is 0 Å². The normalized spacial score (nSPS) is 20.7. The minimum atomic E-state index is -0.112. The highest BCUT2D eigenvalue weighted by molar-refractivity contribution is 5.88. The third-order valence-corrected chi connectivity index (χ3v) is 6.79. The van der Waals surface area contributed by atoms with Crippen LogP contribution in [0.1, 0.15) is 70.6 Å². The molecule has 0 bridgehead atoms. The molecule has 28 heavy (non-hydrogen) atoms. The van der Waals surface area contributed by atoms with Crippen molar-refractivity contribution in [1.29, 1.82) is 0 Å². The van der Waals surface area contributed by atoms with E-state index in [1.165, 1.54) is 33.4 Å². The molecule has 1 aliphatic carbocycles. The molecule has 0 fully saturated rings. The molecule has 144 valence electrons. The van der Waals surface area contributed by atoms with E-state index in [1.54, 1.807) is 0 Å². The fourth-order valence-electron chi connectivity index (χ4n) is 4.87. The largest absolute Gasteiger partial charge is 0.286 e. The number of hydrogen-bond acceptors (Lipinski definition) is 2. The van der Waals surface area contributed by atoms with Gasteiger partial charge in [-0.25, -0.2) is 0 Å². The van der Waals surface area contributed by atoms with Crippen LogP contribution in [-0.2, 0) is 5.41 Å². The molecule has 2 heteroatoms. The molecule has 2 aromatic rings. The van der Waals surface area contributed by atoms with Gasteiger partial charge in [-0.1, -0.05) is 58.0 Å². The summed E-state index contributed by atoms with van der Waals surface area (Å²) in [6.45, 7) is 11.3. The first-order chi connectivity index (χ1) is 13.4. The van der Waals surface area contributed by atoms with Gasteiger partial charge in [0.05, 0.1) is 11.2 Å². The van der Waals surface area contributed by atoms with Crippen molar-refractivity contribution in [2.75, 3.05) is 0 Å². The molecule has 2 aliphatic rings. The van der Waals surface area contributed by atoms with E-state index >= 15 is 0 Å².